The van der Waals surface area contributed by atoms with Crippen molar-refractivity contribution in [1.82, 2.24) is 9.88 Å². The number of thiazole rings is 1. The van der Waals surface area contributed by atoms with Gasteiger partial charge in [0.15, 0.2) is 0 Å². The minimum Gasteiger partial charge on any atom is -0.491 e. The molecule has 1 atom stereocenters. The van der Waals surface area contributed by atoms with Crippen molar-refractivity contribution in [2.45, 2.75) is 45.9 Å². The second-order valence-corrected chi connectivity index (χ2v) is 6.99. The highest BCUT2D eigenvalue weighted by Gasteiger charge is 2.15. The Balaban J connectivity index is 2.13. The predicted octanol–water partition coefficient (Wildman–Crippen LogP) is 4.85. The molecule has 0 aliphatic heterocycles. The maximum absolute atomic E-state index is 5.89. The molecule has 0 unspecified atom stereocenters. The van der Waals surface area contributed by atoms with Gasteiger partial charge >= 0.3 is 0 Å². The van der Waals surface area contributed by atoms with Gasteiger partial charge in [0, 0.05) is 18.1 Å². The lowest BCUT2D eigenvalue weighted by Crippen LogP contribution is -2.22. The van der Waals surface area contributed by atoms with E-state index in [1.807, 2.05) is 17.7 Å². The molecule has 0 fully saturated rings. The lowest BCUT2D eigenvalue weighted by molar-refractivity contribution is 0.239. The highest BCUT2D eigenvalue weighted by atomic mass is 32.1. The summed E-state index contributed by atoms with van der Waals surface area (Å²) < 4.78 is 5.89. The summed E-state index contributed by atoms with van der Waals surface area (Å²) in [5, 5.41) is 3.18. The zero-order valence-electron chi connectivity index (χ0n) is 14.5. The fourth-order valence-electron chi connectivity index (χ4n) is 2.47. The third kappa shape index (κ3) is 4.91. The number of allylic oxidation sites excluding steroid dienone is 1. The van der Waals surface area contributed by atoms with Gasteiger partial charge in [0.25, 0.3) is 0 Å². The van der Waals surface area contributed by atoms with Gasteiger partial charge in [0.05, 0.1) is 12.1 Å². The van der Waals surface area contributed by atoms with Gasteiger partial charge in [-0.05, 0) is 51.4 Å². The summed E-state index contributed by atoms with van der Waals surface area (Å²) in [5.41, 5.74) is 2.48. The molecule has 2 aromatic rings. The Morgan fingerprint density at radius 1 is 1.35 bits per heavy atom. The van der Waals surface area contributed by atoms with E-state index in [1.54, 1.807) is 11.3 Å². The van der Waals surface area contributed by atoms with E-state index in [4.69, 9.17) is 4.74 Å². The van der Waals surface area contributed by atoms with Crippen molar-refractivity contribution in [2.75, 3.05) is 7.05 Å². The molecule has 0 radical (unpaired) electrons. The molecule has 0 saturated carbocycles. The molecule has 124 valence electrons. The summed E-state index contributed by atoms with van der Waals surface area (Å²) in [6, 6.07) is 6.76. The lowest BCUT2D eigenvalue weighted by Gasteiger charge is -2.23. The largest absolute Gasteiger partial charge is 0.491 e. The molecule has 0 aliphatic rings. The first-order valence-corrected chi connectivity index (χ1v) is 8.88. The Morgan fingerprint density at radius 3 is 2.74 bits per heavy atom. The van der Waals surface area contributed by atoms with Gasteiger partial charge in [0.1, 0.15) is 10.8 Å². The van der Waals surface area contributed by atoms with Crippen LogP contribution in [0.5, 0.6) is 5.75 Å². The van der Waals surface area contributed by atoms with E-state index in [9.17, 15) is 0 Å². The summed E-state index contributed by atoms with van der Waals surface area (Å²) in [4.78, 5) is 6.73. The van der Waals surface area contributed by atoms with Crippen LogP contribution in [0, 0.1) is 0 Å². The zero-order valence-corrected chi connectivity index (χ0v) is 15.3. The third-order valence-corrected chi connectivity index (χ3v) is 4.70. The first kappa shape index (κ1) is 17.7. The van der Waals surface area contributed by atoms with E-state index in [1.165, 1.54) is 11.1 Å². The molecule has 0 N–H and O–H groups in total. The molecule has 1 aromatic heterocycles. The Hall–Kier alpha value is -1.65. The summed E-state index contributed by atoms with van der Waals surface area (Å²) in [6.45, 7) is 11.0. The molecule has 4 heteroatoms. The second kappa shape index (κ2) is 8.27. The van der Waals surface area contributed by atoms with Crippen molar-refractivity contribution in [2.24, 2.45) is 0 Å². The molecular weight excluding hydrogens is 304 g/mol. The number of hydrogen-bond donors (Lipinski definition) is 0. The fourth-order valence-corrected chi connectivity index (χ4v) is 3.23. The van der Waals surface area contributed by atoms with Crippen LogP contribution < -0.4 is 4.74 Å². The molecule has 0 aliphatic carbocycles. The molecule has 0 amide bonds. The minimum absolute atomic E-state index is 0.178. The van der Waals surface area contributed by atoms with Gasteiger partial charge in [-0.1, -0.05) is 18.2 Å². The van der Waals surface area contributed by atoms with Gasteiger partial charge in [-0.2, -0.15) is 0 Å². The van der Waals surface area contributed by atoms with Gasteiger partial charge in [-0.15, -0.1) is 17.9 Å². The SMILES string of the molecule is C=CCc1cc(CN(C)[C@H](C)c2nccs2)ccc1OC(C)C. The van der Waals surface area contributed by atoms with Crippen molar-refractivity contribution < 1.29 is 4.74 Å². The highest BCUT2D eigenvalue weighted by Crippen LogP contribution is 2.26. The minimum atomic E-state index is 0.178. The van der Waals surface area contributed by atoms with Crippen molar-refractivity contribution in [3.8, 4) is 5.75 Å². The smallest absolute Gasteiger partial charge is 0.123 e. The zero-order chi connectivity index (χ0) is 16.8. The topological polar surface area (TPSA) is 25.4 Å². The molecule has 0 saturated heterocycles. The van der Waals surface area contributed by atoms with E-state index < -0.39 is 0 Å². The van der Waals surface area contributed by atoms with Crippen LogP contribution in [0.2, 0.25) is 0 Å². The molecule has 1 aromatic carbocycles. The third-order valence-electron chi connectivity index (χ3n) is 3.75. The summed E-state index contributed by atoms with van der Waals surface area (Å²) >= 11 is 1.70. The number of rotatable bonds is 8. The van der Waals surface area contributed by atoms with Gasteiger partial charge in [-0.25, -0.2) is 4.98 Å². The number of aromatic nitrogens is 1. The molecular formula is C19H26N2OS. The van der Waals surface area contributed by atoms with E-state index >= 15 is 0 Å². The van der Waals surface area contributed by atoms with Crippen molar-refractivity contribution >= 4 is 11.3 Å². The average molecular weight is 330 g/mol. The molecule has 1 heterocycles. The van der Waals surface area contributed by atoms with Gasteiger partial charge in [0.2, 0.25) is 0 Å². The van der Waals surface area contributed by atoms with Crippen LogP contribution in [0.1, 0.15) is 42.9 Å². The molecule has 0 bridgehead atoms. The van der Waals surface area contributed by atoms with Crippen LogP contribution in [0.15, 0.2) is 42.4 Å². The van der Waals surface area contributed by atoms with E-state index in [0.717, 1.165) is 23.7 Å². The normalized spacial score (nSPS) is 12.6. The van der Waals surface area contributed by atoms with E-state index in [2.05, 4.69) is 62.5 Å². The summed E-state index contributed by atoms with van der Waals surface area (Å²) in [6.07, 6.45) is 4.79. The molecule has 3 nitrogen and oxygen atoms in total. The first-order valence-electron chi connectivity index (χ1n) is 8.00. The van der Waals surface area contributed by atoms with E-state index in [0.29, 0.717) is 6.04 Å². The predicted molar refractivity (Wildman–Crippen MR) is 98.1 cm³/mol. The molecule has 0 spiro atoms. The van der Waals surface area contributed by atoms with Crippen LogP contribution in [0.25, 0.3) is 0 Å². The Kier molecular flexibility index (Phi) is 6.37. The maximum atomic E-state index is 5.89. The molecule has 2 rings (SSSR count). The quantitative estimate of drug-likeness (QED) is 0.647. The van der Waals surface area contributed by atoms with Crippen LogP contribution in [-0.2, 0) is 13.0 Å². The number of nitrogens with zero attached hydrogens (tertiary/aromatic N) is 2. The Bertz CT molecular complexity index is 622. The number of benzene rings is 1. The van der Waals surface area contributed by atoms with Crippen LogP contribution in [0.3, 0.4) is 0 Å². The standard InChI is InChI=1S/C19H26N2OS/c1-6-7-17-12-16(8-9-18(17)22-14(2)3)13-21(5)15(4)19-20-10-11-23-19/h6,8-12,14-15H,1,7,13H2,2-5H3/t15-/m1/s1. The second-order valence-electron chi connectivity index (χ2n) is 6.06. The van der Waals surface area contributed by atoms with Crippen molar-refractivity contribution in [1.29, 1.82) is 0 Å². The monoisotopic (exact) mass is 330 g/mol. The van der Waals surface area contributed by atoms with Crippen molar-refractivity contribution in [3.63, 3.8) is 0 Å². The molecule has 23 heavy (non-hydrogen) atoms. The maximum Gasteiger partial charge on any atom is 0.123 e. The van der Waals surface area contributed by atoms with Crippen LogP contribution >= 0.6 is 11.3 Å². The van der Waals surface area contributed by atoms with Crippen molar-refractivity contribution in [3.05, 3.63) is 58.6 Å². The average Bonchev–Trinajstić information content (AvgIpc) is 3.03. The number of ether oxygens (including phenoxy) is 1. The fraction of sp³-hybridized carbons (Fsp3) is 0.421. The van der Waals surface area contributed by atoms with E-state index in [-0.39, 0.29) is 6.10 Å². The number of hydrogen-bond acceptors (Lipinski definition) is 4. The Morgan fingerprint density at radius 2 is 2.13 bits per heavy atom. The van der Waals surface area contributed by atoms with Crippen LogP contribution in [-0.4, -0.2) is 23.0 Å². The summed E-state index contributed by atoms with van der Waals surface area (Å²) in [7, 11) is 2.14. The van der Waals surface area contributed by atoms with Gasteiger partial charge < -0.3 is 4.74 Å². The Labute approximate surface area is 143 Å². The van der Waals surface area contributed by atoms with Gasteiger partial charge in [-0.3, -0.25) is 4.90 Å². The summed E-state index contributed by atoms with van der Waals surface area (Å²) in [5.74, 6) is 0.958. The first-order chi connectivity index (χ1) is 11.0. The van der Waals surface area contributed by atoms with Crippen LogP contribution in [0.4, 0.5) is 0 Å². The lowest BCUT2D eigenvalue weighted by atomic mass is 10.1. The highest BCUT2D eigenvalue weighted by molar-refractivity contribution is 7.09.